The van der Waals surface area contributed by atoms with Crippen molar-refractivity contribution in [1.29, 1.82) is 0 Å². The zero-order chi connectivity index (χ0) is 13.3. The van der Waals surface area contributed by atoms with Gasteiger partial charge in [0.2, 0.25) is 0 Å². The summed E-state index contributed by atoms with van der Waals surface area (Å²) in [4.78, 5) is 17.8. The average molecular weight is 262 g/mol. The fraction of sp³-hybridized carbons (Fsp3) is 0.571. The molecular weight excluding hydrogens is 244 g/mol. The minimum Gasteiger partial charge on any atom is -0.356 e. The Kier molecular flexibility index (Phi) is 3.24. The Hall–Kier alpha value is -1.46. The van der Waals surface area contributed by atoms with Crippen LogP contribution < -0.4 is 4.90 Å². The Morgan fingerprint density at radius 2 is 1.95 bits per heavy atom. The van der Waals surface area contributed by atoms with Gasteiger partial charge in [0.25, 0.3) is 0 Å². The van der Waals surface area contributed by atoms with Crippen LogP contribution in [0.4, 0.5) is 5.82 Å². The van der Waals surface area contributed by atoms with Gasteiger partial charge in [0.15, 0.2) is 11.6 Å². The summed E-state index contributed by atoms with van der Waals surface area (Å²) in [6.45, 7) is 4.69. The van der Waals surface area contributed by atoms with Gasteiger partial charge in [0.1, 0.15) is 5.82 Å². The van der Waals surface area contributed by atoms with Crippen LogP contribution in [0.25, 0.3) is 0 Å². The Balaban J connectivity index is 1.66. The summed E-state index contributed by atoms with van der Waals surface area (Å²) < 4.78 is 11.4. The predicted molar refractivity (Wildman–Crippen MR) is 70.3 cm³/mol. The number of carbonyl (C=O) groups excluding carboxylic acids is 1. The fourth-order valence-corrected chi connectivity index (χ4v) is 2.64. The van der Waals surface area contributed by atoms with Crippen molar-refractivity contribution < 1.29 is 14.3 Å². The molecule has 0 saturated carbocycles. The molecule has 1 aromatic heterocycles. The number of hydrogen-bond acceptors (Lipinski definition) is 5. The summed E-state index contributed by atoms with van der Waals surface area (Å²) in [6.07, 6.45) is 3.37. The number of carbonyl (C=O) groups is 1. The Morgan fingerprint density at radius 1 is 1.26 bits per heavy atom. The van der Waals surface area contributed by atoms with Gasteiger partial charge in [-0.2, -0.15) is 0 Å². The number of rotatable bonds is 2. The molecule has 1 aromatic rings. The van der Waals surface area contributed by atoms with Crippen molar-refractivity contribution in [1.82, 2.24) is 4.98 Å². The van der Waals surface area contributed by atoms with E-state index in [0.29, 0.717) is 18.8 Å². The minimum absolute atomic E-state index is 0.0457. The molecule has 0 radical (unpaired) electrons. The number of anilines is 1. The molecule has 5 heteroatoms. The van der Waals surface area contributed by atoms with Gasteiger partial charge in [-0.15, -0.1) is 0 Å². The van der Waals surface area contributed by atoms with Gasteiger partial charge in [-0.05, 0) is 19.1 Å². The van der Waals surface area contributed by atoms with E-state index in [1.54, 1.807) is 13.1 Å². The molecule has 0 unspecified atom stereocenters. The molecule has 3 heterocycles. The number of ketones is 1. The highest BCUT2D eigenvalue weighted by Crippen LogP contribution is 2.32. The van der Waals surface area contributed by atoms with Crippen LogP contribution in [-0.4, -0.2) is 42.9 Å². The Bertz CT molecular complexity index is 456. The molecule has 102 valence electrons. The van der Waals surface area contributed by atoms with Gasteiger partial charge >= 0.3 is 0 Å². The molecule has 0 bridgehead atoms. The highest BCUT2D eigenvalue weighted by atomic mass is 16.7. The molecule has 19 heavy (non-hydrogen) atoms. The second-order valence-electron chi connectivity index (χ2n) is 5.06. The molecule has 2 fully saturated rings. The molecule has 0 aliphatic carbocycles. The van der Waals surface area contributed by atoms with Gasteiger partial charge in [0.05, 0.1) is 13.2 Å². The normalized spacial score (nSPS) is 21.8. The molecular formula is C14H18N2O3. The molecule has 2 saturated heterocycles. The molecule has 0 aromatic carbocycles. The maximum atomic E-state index is 11.2. The first-order valence-electron chi connectivity index (χ1n) is 6.68. The third-order valence-corrected chi connectivity index (χ3v) is 3.82. The van der Waals surface area contributed by atoms with Gasteiger partial charge in [-0.25, -0.2) is 4.98 Å². The molecule has 1 spiro atoms. The van der Waals surface area contributed by atoms with Crippen LogP contribution in [0.5, 0.6) is 0 Å². The standard InChI is InChI=1S/C14H18N2O3/c1-11(17)12-2-3-13(15-10-12)16-6-4-14(5-7-16)18-8-9-19-14/h2-3,10H,4-9H2,1H3. The number of nitrogens with zero attached hydrogens (tertiary/aromatic N) is 2. The molecule has 2 aliphatic heterocycles. The summed E-state index contributed by atoms with van der Waals surface area (Å²) in [7, 11) is 0. The van der Waals surface area contributed by atoms with E-state index in [0.717, 1.165) is 31.7 Å². The zero-order valence-electron chi connectivity index (χ0n) is 11.1. The van der Waals surface area contributed by atoms with Gasteiger partial charge in [-0.1, -0.05) is 0 Å². The van der Waals surface area contributed by atoms with E-state index >= 15 is 0 Å². The first kappa shape index (κ1) is 12.6. The molecule has 0 amide bonds. The van der Waals surface area contributed by atoms with Crippen molar-refractivity contribution in [3.05, 3.63) is 23.9 Å². The van der Waals surface area contributed by atoms with Crippen LogP contribution in [-0.2, 0) is 9.47 Å². The number of pyridine rings is 1. The zero-order valence-corrected chi connectivity index (χ0v) is 11.1. The number of Topliss-reactive ketones (excluding diaryl/α,β-unsaturated/α-hetero) is 1. The third-order valence-electron chi connectivity index (χ3n) is 3.82. The molecule has 3 rings (SSSR count). The van der Waals surface area contributed by atoms with Crippen molar-refractivity contribution in [2.75, 3.05) is 31.2 Å². The van der Waals surface area contributed by atoms with E-state index in [4.69, 9.17) is 9.47 Å². The topological polar surface area (TPSA) is 51.7 Å². The fourth-order valence-electron chi connectivity index (χ4n) is 2.64. The monoisotopic (exact) mass is 262 g/mol. The van der Waals surface area contributed by atoms with Gasteiger partial charge < -0.3 is 14.4 Å². The summed E-state index contributed by atoms with van der Waals surface area (Å²) in [6, 6.07) is 3.74. The molecule has 2 aliphatic rings. The van der Waals surface area contributed by atoms with E-state index in [1.165, 1.54) is 0 Å². The van der Waals surface area contributed by atoms with E-state index in [9.17, 15) is 4.79 Å². The smallest absolute Gasteiger partial charge is 0.171 e. The SMILES string of the molecule is CC(=O)c1ccc(N2CCC3(CC2)OCCO3)nc1. The molecule has 5 nitrogen and oxygen atoms in total. The van der Waals surface area contributed by atoms with Crippen molar-refractivity contribution in [2.45, 2.75) is 25.6 Å². The lowest BCUT2D eigenvalue weighted by atomic mass is 10.0. The lowest BCUT2D eigenvalue weighted by Gasteiger charge is -2.38. The van der Waals surface area contributed by atoms with E-state index in [2.05, 4.69) is 9.88 Å². The van der Waals surface area contributed by atoms with Gasteiger partial charge in [0, 0.05) is 37.7 Å². The second kappa shape index (κ2) is 4.90. The van der Waals surface area contributed by atoms with E-state index < -0.39 is 0 Å². The maximum absolute atomic E-state index is 11.2. The molecule has 0 N–H and O–H groups in total. The summed E-state index contributed by atoms with van der Waals surface area (Å²) >= 11 is 0. The van der Waals surface area contributed by atoms with Crippen LogP contribution >= 0.6 is 0 Å². The largest absolute Gasteiger partial charge is 0.356 e. The van der Waals surface area contributed by atoms with Crippen molar-refractivity contribution >= 4 is 11.6 Å². The Morgan fingerprint density at radius 3 is 2.47 bits per heavy atom. The van der Waals surface area contributed by atoms with Crippen LogP contribution in [0, 0.1) is 0 Å². The highest BCUT2D eigenvalue weighted by Gasteiger charge is 2.39. The third kappa shape index (κ3) is 2.48. The second-order valence-corrected chi connectivity index (χ2v) is 5.06. The van der Waals surface area contributed by atoms with Crippen molar-refractivity contribution in [3.63, 3.8) is 0 Å². The first-order valence-corrected chi connectivity index (χ1v) is 6.68. The van der Waals surface area contributed by atoms with Crippen molar-refractivity contribution in [3.8, 4) is 0 Å². The van der Waals surface area contributed by atoms with E-state index in [1.807, 2.05) is 12.1 Å². The molecule has 0 atom stereocenters. The first-order chi connectivity index (χ1) is 9.19. The number of piperidine rings is 1. The summed E-state index contributed by atoms with van der Waals surface area (Å²) in [5.41, 5.74) is 0.652. The lowest BCUT2D eigenvalue weighted by Crippen LogP contribution is -2.45. The quantitative estimate of drug-likeness (QED) is 0.758. The minimum atomic E-state index is -0.351. The summed E-state index contributed by atoms with van der Waals surface area (Å²) in [5.74, 6) is 0.609. The predicted octanol–water partition coefficient (Wildman–Crippen LogP) is 1.63. The number of hydrogen-bond donors (Lipinski definition) is 0. The van der Waals surface area contributed by atoms with Crippen LogP contribution in [0.1, 0.15) is 30.1 Å². The maximum Gasteiger partial charge on any atom is 0.171 e. The summed E-state index contributed by atoms with van der Waals surface area (Å²) in [5, 5.41) is 0. The van der Waals surface area contributed by atoms with Gasteiger partial charge in [-0.3, -0.25) is 4.79 Å². The number of ether oxygens (including phenoxy) is 2. The Labute approximate surface area is 112 Å². The van der Waals surface area contributed by atoms with Crippen LogP contribution in [0.2, 0.25) is 0 Å². The highest BCUT2D eigenvalue weighted by molar-refractivity contribution is 5.93. The average Bonchev–Trinajstić information content (AvgIpc) is 2.88. The van der Waals surface area contributed by atoms with Crippen molar-refractivity contribution in [2.24, 2.45) is 0 Å². The van der Waals surface area contributed by atoms with Crippen LogP contribution in [0.3, 0.4) is 0 Å². The lowest BCUT2D eigenvalue weighted by molar-refractivity contribution is -0.169. The number of aromatic nitrogens is 1. The van der Waals surface area contributed by atoms with Crippen LogP contribution in [0.15, 0.2) is 18.3 Å². The van der Waals surface area contributed by atoms with E-state index in [-0.39, 0.29) is 11.6 Å².